The fraction of sp³-hybridized carbons (Fsp3) is 0.308. The third-order valence-electron chi connectivity index (χ3n) is 3.04. The molecule has 1 saturated heterocycles. The summed E-state index contributed by atoms with van der Waals surface area (Å²) in [6.45, 7) is 0. The normalized spacial score (nSPS) is 35.5. The maximum absolute atomic E-state index is 11.1. The molecule has 0 aromatic heterocycles. The first-order chi connectivity index (χ1) is 8.19. The number of aliphatic hydroxyl groups is 1. The van der Waals surface area contributed by atoms with Crippen LogP contribution in [0.4, 0.5) is 0 Å². The second-order valence-corrected chi connectivity index (χ2v) is 4.29. The van der Waals surface area contributed by atoms with Gasteiger partial charge in [0.25, 0.3) is 0 Å². The minimum Gasteiger partial charge on any atom is -0.426 e. The van der Waals surface area contributed by atoms with Gasteiger partial charge < -0.3 is 14.6 Å². The number of ether oxygens (including phenoxy) is 2. The smallest absolute Gasteiger partial charge is 0.333 e. The highest BCUT2D eigenvalue weighted by Crippen LogP contribution is 2.43. The molecule has 3 atom stereocenters. The molecule has 1 aromatic carbocycles. The van der Waals surface area contributed by atoms with Gasteiger partial charge in [-0.05, 0) is 11.6 Å². The molecular weight excluding hydrogens is 220 g/mol. The average molecular weight is 232 g/mol. The van der Waals surface area contributed by atoms with Crippen LogP contribution in [0.5, 0.6) is 0 Å². The van der Waals surface area contributed by atoms with Crippen molar-refractivity contribution in [3.8, 4) is 0 Å². The van der Waals surface area contributed by atoms with Crippen molar-refractivity contribution in [3.63, 3.8) is 0 Å². The molecule has 0 unspecified atom stereocenters. The maximum Gasteiger partial charge on any atom is 0.333 e. The second-order valence-electron chi connectivity index (χ2n) is 4.29. The van der Waals surface area contributed by atoms with E-state index in [2.05, 4.69) is 0 Å². The summed E-state index contributed by atoms with van der Waals surface area (Å²) in [5.74, 6) is -1.50. The van der Waals surface area contributed by atoms with Gasteiger partial charge in [0.1, 0.15) is 6.10 Å². The van der Waals surface area contributed by atoms with Crippen molar-refractivity contribution in [1.29, 1.82) is 0 Å². The number of benzene rings is 1. The molecule has 1 fully saturated rings. The van der Waals surface area contributed by atoms with Crippen LogP contribution in [0.3, 0.4) is 0 Å². The second kappa shape index (κ2) is 3.68. The van der Waals surface area contributed by atoms with Crippen LogP contribution in [0, 0.1) is 0 Å². The molecule has 4 nitrogen and oxygen atoms in total. The van der Waals surface area contributed by atoms with Gasteiger partial charge in [-0.25, -0.2) is 4.79 Å². The Hall–Kier alpha value is -1.65. The van der Waals surface area contributed by atoms with Crippen LogP contribution < -0.4 is 0 Å². The standard InChI is InChI=1S/C13H12O4/c14-10-8-13(7-6-11(15)16-13)17-12(10)9-4-2-1-3-5-9/h1-7,10,12,14H,8H2/t10-,12+,13+/m0/s1. The Morgan fingerprint density at radius 2 is 2.06 bits per heavy atom. The molecule has 0 radical (unpaired) electrons. The first-order valence-corrected chi connectivity index (χ1v) is 5.52. The largest absolute Gasteiger partial charge is 0.426 e. The van der Waals surface area contributed by atoms with Gasteiger partial charge in [0.2, 0.25) is 5.79 Å². The highest BCUT2D eigenvalue weighted by molar-refractivity contribution is 5.85. The maximum atomic E-state index is 11.1. The van der Waals surface area contributed by atoms with E-state index in [4.69, 9.17) is 9.47 Å². The fourth-order valence-electron chi connectivity index (χ4n) is 2.28. The van der Waals surface area contributed by atoms with Crippen molar-refractivity contribution in [2.24, 2.45) is 0 Å². The van der Waals surface area contributed by atoms with Crippen molar-refractivity contribution in [1.82, 2.24) is 0 Å². The molecule has 0 amide bonds. The summed E-state index contributed by atoms with van der Waals surface area (Å²) in [7, 11) is 0. The van der Waals surface area contributed by atoms with E-state index in [1.165, 1.54) is 6.08 Å². The number of carbonyl (C=O) groups is 1. The van der Waals surface area contributed by atoms with Gasteiger partial charge in [0, 0.05) is 12.5 Å². The van der Waals surface area contributed by atoms with E-state index in [-0.39, 0.29) is 6.42 Å². The number of hydrogen-bond acceptors (Lipinski definition) is 4. The third kappa shape index (κ3) is 1.75. The zero-order valence-electron chi connectivity index (χ0n) is 9.08. The summed E-state index contributed by atoms with van der Waals surface area (Å²) in [6.07, 6.45) is 2.05. The molecule has 88 valence electrons. The summed E-state index contributed by atoms with van der Waals surface area (Å²) in [6, 6.07) is 9.43. The molecule has 1 aromatic rings. The minimum absolute atomic E-state index is 0.273. The fourth-order valence-corrected chi connectivity index (χ4v) is 2.28. The van der Waals surface area contributed by atoms with Gasteiger partial charge in [-0.1, -0.05) is 30.3 Å². The molecule has 2 heterocycles. The van der Waals surface area contributed by atoms with Gasteiger partial charge in [-0.3, -0.25) is 0 Å². The SMILES string of the molecule is O=C1C=C[C@@]2(C[C@H](O)[C@@H](c3ccccc3)O2)O1. The summed E-state index contributed by atoms with van der Waals surface area (Å²) < 4.78 is 10.8. The summed E-state index contributed by atoms with van der Waals surface area (Å²) in [4.78, 5) is 11.1. The lowest BCUT2D eigenvalue weighted by molar-refractivity contribution is -0.192. The van der Waals surface area contributed by atoms with Crippen molar-refractivity contribution in [3.05, 3.63) is 48.0 Å². The molecule has 17 heavy (non-hydrogen) atoms. The van der Waals surface area contributed by atoms with E-state index in [1.807, 2.05) is 30.3 Å². The Labute approximate surface area is 98.5 Å². The zero-order chi connectivity index (χ0) is 11.9. The van der Waals surface area contributed by atoms with Crippen LogP contribution in [-0.4, -0.2) is 23.0 Å². The predicted molar refractivity (Wildman–Crippen MR) is 58.9 cm³/mol. The molecule has 0 saturated carbocycles. The molecule has 3 rings (SSSR count). The quantitative estimate of drug-likeness (QED) is 0.742. The zero-order valence-corrected chi connectivity index (χ0v) is 9.08. The Kier molecular flexibility index (Phi) is 2.28. The Balaban J connectivity index is 1.86. The molecule has 1 spiro atoms. The number of hydrogen-bond donors (Lipinski definition) is 1. The van der Waals surface area contributed by atoms with E-state index in [0.29, 0.717) is 0 Å². The van der Waals surface area contributed by atoms with Gasteiger partial charge in [-0.15, -0.1) is 0 Å². The van der Waals surface area contributed by atoms with E-state index in [0.717, 1.165) is 5.56 Å². The van der Waals surface area contributed by atoms with Crippen molar-refractivity contribution in [2.45, 2.75) is 24.4 Å². The Morgan fingerprint density at radius 1 is 1.29 bits per heavy atom. The summed E-state index contributed by atoms with van der Waals surface area (Å²) in [5, 5.41) is 10.0. The molecule has 4 heteroatoms. The monoisotopic (exact) mass is 232 g/mol. The van der Waals surface area contributed by atoms with Crippen molar-refractivity contribution in [2.75, 3.05) is 0 Å². The van der Waals surface area contributed by atoms with E-state index < -0.39 is 24.0 Å². The van der Waals surface area contributed by atoms with Crippen LogP contribution in [0.2, 0.25) is 0 Å². The minimum atomic E-state index is -1.07. The van der Waals surface area contributed by atoms with Crippen LogP contribution in [0.1, 0.15) is 18.1 Å². The number of carbonyl (C=O) groups excluding carboxylic acids is 1. The van der Waals surface area contributed by atoms with Crippen LogP contribution in [-0.2, 0) is 14.3 Å². The number of rotatable bonds is 1. The van der Waals surface area contributed by atoms with Crippen LogP contribution in [0.15, 0.2) is 42.5 Å². The van der Waals surface area contributed by atoms with Crippen LogP contribution >= 0.6 is 0 Å². The summed E-state index contributed by atoms with van der Waals surface area (Å²) >= 11 is 0. The molecule has 2 aliphatic rings. The predicted octanol–water partition coefficient (Wildman–Crippen LogP) is 1.32. The molecule has 0 bridgehead atoms. The van der Waals surface area contributed by atoms with Crippen molar-refractivity contribution >= 4 is 5.97 Å². The average Bonchev–Trinajstić information content (AvgIpc) is 2.84. The third-order valence-corrected chi connectivity index (χ3v) is 3.04. The van der Waals surface area contributed by atoms with Gasteiger partial charge in [0.05, 0.1) is 6.10 Å². The highest BCUT2D eigenvalue weighted by atomic mass is 16.7. The number of esters is 1. The molecule has 2 aliphatic heterocycles. The lowest BCUT2D eigenvalue weighted by Crippen LogP contribution is -2.27. The van der Waals surface area contributed by atoms with Gasteiger partial charge in [0.15, 0.2) is 0 Å². The topological polar surface area (TPSA) is 55.8 Å². The first-order valence-electron chi connectivity index (χ1n) is 5.52. The Bertz CT molecular complexity index is 468. The van der Waals surface area contributed by atoms with Crippen molar-refractivity contribution < 1.29 is 19.4 Å². The van der Waals surface area contributed by atoms with Gasteiger partial charge in [-0.2, -0.15) is 0 Å². The van der Waals surface area contributed by atoms with Crippen LogP contribution in [0.25, 0.3) is 0 Å². The van der Waals surface area contributed by atoms with E-state index in [1.54, 1.807) is 6.08 Å². The van der Waals surface area contributed by atoms with E-state index >= 15 is 0 Å². The first kappa shape index (κ1) is 10.5. The van der Waals surface area contributed by atoms with E-state index in [9.17, 15) is 9.90 Å². The number of aliphatic hydroxyl groups excluding tert-OH is 1. The molecule has 1 N–H and O–H groups in total. The van der Waals surface area contributed by atoms with Gasteiger partial charge >= 0.3 is 5.97 Å². The summed E-state index contributed by atoms with van der Waals surface area (Å²) in [5.41, 5.74) is 0.883. The lowest BCUT2D eigenvalue weighted by Gasteiger charge is -2.20. The molecule has 0 aliphatic carbocycles. The lowest BCUT2D eigenvalue weighted by atomic mass is 10.0. The molecular formula is C13H12O4. The highest BCUT2D eigenvalue weighted by Gasteiger charge is 2.49. The Morgan fingerprint density at radius 3 is 2.71 bits per heavy atom.